The Bertz CT molecular complexity index is 683. The molecule has 1 fully saturated rings. The van der Waals surface area contributed by atoms with Crippen LogP contribution >= 0.6 is 0 Å². The van der Waals surface area contributed by atoms with Crippen molar-refractivity contribution in [3.8, 4) is 0 Å². The molecule has 0 radical (unpaired) electrons. The molecule has 0 unspecified atom stereocenters. The first-order chi connectivity index (χ1) is 11.6. The number of carbonyl (C=O) groups is 1. The Labute approximate surface area is 144 Å². The van der Waals surface area contributed by atoms with Crippen molar-refractivity contribution in [2.75, 3.05) is 19.8 Å². The molecule has 2 aromatic rings. The van der Waals surface area contributed by atoms with Crippen LogP contribution < -0.4 is 5.32 Å². The van der Waals surface area contributed by atoms with Crippen LogP contribution in [0.3, 0.4) is 0 Å². The topological polar surface area (TPSA) is 38.3 Å². The molecule has 0 spiro atoms. The summed E-state index contributed by atoms with van der Waals surface area (Å²) in [4.78, 5) is 12.6. The Hall–Kier alpha value is -2.13. The SMILES string of the molecule is Cc1cc(C)cc(C(=O)NCC2(c3ccccc3)CCOCC2)c1. The van der Waals surface area contributed by atoms with E-state index in [0.29, 0.717) is 6.54 Å². The molecule has 0 aromatic heterocycles. The van der Waals surface area contributed by atoms with Gasteiger partial charge in [-0.2, -0.15) is 0 Å². The molecule has 2 aromatic carbocycles. The number of ether oxygens (including phenoxy) is 1. The van der Waals surface area contributed by atoms with Gasteiger partial charge >= 0.3 is 0 Å². The van der Waals surface area contributed by atoms with Crippen molar-refractivity contribution in [2.24, 2.45) is 0 Å². The average Bonchev–Trinajstić information content (AvgIpc) is 2.60. The van der Waals surface area contributed by atoms with Gasteiger partial charge in [0.25, 0.3) is 5.91 Å². The van der Waals surface area contributed by atoms with Crippen molar-refractivity contribution in [1.82, 2.24) is 5.32 Å². The summed E-state index contributed by atoms with van der Waals surface area (Å²) < 4.78 is 5.56. The van der Waals surface area contributed by atoms with Crippen LogP contribution in [0.1, 0.15) is 39.9 Å². The zero-order valence-electron chi connectivity index (χ0n) is 14.5. The van der Waals surface area contributed by atoms with Gasteiger partial charge in [-0.25, -0.2) is 0 Å². The summed E-state index contributed by atoms with van der Waals surface area (Å²) in [5.74, 6) is 0.00333. The maximum Gasteiger partial charge on any atom is 0.251 e. The van der Waals surface area contributed by atoms with E-state index < -0.39 is 0 Å². The molecule has 0 bridgehead atoms. The van der Waals surface area contributed by atoms with E-state index in [1.165, 1.54) is 5.56 Å². The monoisotopic (exact) mass is 323 g/mol. The van der Waals surface area contributed by atoms with E-state index in [1.54, 1.807) is 0 Å². The van der Waals surface area contributed by atoms with E-state index in [0.717, 1.165) is 42.7 Å². The number of amides is 1. The quantitative estimate of drug-likeness (QED) is 0.930. The average molecular weight is 323 g/mol. The van der Waals surface area contributed by atoms with Crippen LogP contribution in [0.15, 0.2) is 48.5 Å². The Morgan fingerprint density at radius 2 is 1.67 bits per heavy atom. The second kappa shape index (κ2) is 7.18. The number of hydrogen-bond acceptors (Lipinski definition) is 2. The van der Waals surface area contributed by atoms with Crippen LogP contribution in [0.2, 0.25) is 0 Å². The molecular formula is C21H25NO2. The highest BCUT2D eigenvalue weighted by atomic mass is 16.5. The van der Waals surface area contributed by atoms with Crippen molar-refractivity contribution in [1.29, 1.82) is 0 Å². The zero-order chi connectivity index (χ0) is 17.0. The van der Waals surface area contributed by atoms with Crippen LogP contribution in [0.4, 0.5) is 0 Å². The van der Waals surface area contributed by atoms with Gasteiger partial charge in [0.1, 0.15) is 0 Å². The molecule has 3 rings (SSSR count). The van der Waals surface area contributed by atoms with Crippen LogP contribution in [-0.4, -0.2) is 25.7 Å². The molecule has 24 heavy (non-hydrogen) atoms. The van der Waals surface area contributed by atoms with Crippen molar-refractivity contribution >= 4 is 5.91 Å². The lowest BCUT2D eigenvalue weighted by Gasteiger charge is -2.38. The van der Waals surface area contributed by atoms with Crippen LogP contribution in [0.25, 0.3) is 0 Å². The van der Waals surface area contributed by atoms with E-state index in [9.17, 15) is 4.79 Å². The van der Waals surface area contributed by atoms with Crippen LogP contribution in [-0.2, 0) is 10.2 Å². The molecule has 3 nitrogen and oxygen atoms in total. The van der Waals surface area contributed by atoms with E-state index in [1.807, 2.05) is 32.0 Å². The third-order valence-corrected chi connectivity index (χ3v) is 4.91. The second-order valence-electron chi connectivity index (χ2n) is 6.82. The lowest BCUT2D eigenvalue weighted by Crippen LogP contribution is -2.44. The van der Waals surface area contributed by atoms with Gasteiger partial charge in [0, 0.05) is 30.7 Å². The number of hydrogen-bond donors (Lipinski definition) is 1. The van der Waals surface area contributed by atoms with E-state index in [2.05, 4.69) is 35.6 Å². The van der Waals surface area contributed by atoms with Crippen molar-refractivity contribution < 1.29 is 9.53 Å². The normalized spacial score (nSPS) is 16.6. The molecular weight excluding hydrogens is 298 g/mol. The number of nitrogens with one attached hydrogen (secondary N) is 1. The molecule has 0 aliphatic carbocycles. The molecule has 0 saturated carbocycles. The van der Waals surface area contributed by atoms with Gasteiger partial charge in [-0.3, -0.25) is 4.79 Å². The molecule has 1 heterocycles. The van der Waals surface area contributed by atoms with E-state index in [4.69, 9.17) is 4.74 Å². The summed E-state index contributed by atoms with van der Waals surface area (Å²) in [5, 5.41) is 3.17. The molecule has 1 saturated heterocycles. The Morgan fingerprint density at radius 1 is 1.04 bits per heavy atom. The molecule has 1 aliphatic rings. The van der Waals surface area contributed by atoms with Gasteiger partial charge in [-0.1, -0.05) is 47.5 Å². The number of aryl methyl sites for hydroxylation is 2. The first-order valence-corrected chi connectivity index (χ1v) is 8.59. The summed E-state index contributed by atoms with van der Waals surface area (Å²) >= 11 is 0. The summed E-state index contributed by atoms with van der Waals surface area (Å²) in [5.41, 5.74) is 4.22. The number of benzene rings is 2. The fraction of sp³-hybridized carbons (Fsp3) is 0.381. The highest BCUT2D eigenvalue weighted by molar-refractivity contribution is 5.94. The maximum atomic E-state index is 12.6. The summed E-state index contributed by atoms with van der Waals surface area (Å²) in [6.45, 7) is 6.18. The lowest BCUT2D eigenvalue weighted by atomic mass is 9.74. The fourth-order valence-corrected chi connectivity index (χ4v) is 3.58. The molecule has 126 valence electrons. The Kier molecular flexibility index (Phi) is 5.00. The molecule has 1 amide bonds. The highest BCUT2D eigenvalue weighted by Gasteiger charge is 2.34. The van der Waals surface area contributed by atoms with Gasteiger partial charge in [-0.05, 0) is 44.4 Å². The van der Waals surface area contributed by atoms with Gasteiger partial charge in [0.2, 0.25) is 0 Å². The Morgan fingerprint density at radius 3 is 2.29 bits per heavy atom. The smallest absolute Gasteiger partial charge is 0.251 e. The van der Waals surface area contributed by atoms with Gasteiger partial charge in [0.05, 0.1) is 0 Å². The Balaban J connectivity index is 1.77. The van der Waals surface area contributed by atoms with E-state index in [-0.39, 0.29) is 11.3 Å². The summed E-state index contributed by atoms with van der Waals surface area (Å²) in [7, 11) is 0. The molecule has 0 atom stereocenters. The first kappa shape index (κ1) is 16.7. The summed E-state index contributed by atoms with van der Waals surface area (Å²) in [6.07, 6.45) is 1.87. The number of rotatable bonds is 4. The lowest BCUT2D eigenvalue weighted by molar-refractivity contribution is 0.0487. The predicted molar refractivity (Wildman–Crippen MR) is 96.4 cm³/mol. The minimum Gasteiger partial charge on any atom is -0.381 e. The molecule has 1 N–H and O–H groups in total. The van der Waals surface area contributed by atoms with Gasteiger partial charge in [-0.15, -0.1) is 0 Å². The standard InChI is InChI=1S/C21H25NO2/c1-16-12-17(2)14-18(13-16)20(23)22-15-21(8-10-24-11-9-21)19-6-4-3-5-7-19/h3-7,12-14H,8-11,15H2,1-2H3,(H,22,23). The third kappa shape index (κ3) is 3.68. The molecule has 3 heteroatoms. The maximum absolute atomic E-state index is 12.6. The van der Waals surface area contributed by atoms with Crippen molar-refractivity contribution in [3.63, 3.8) is 0 Å². The van der Waals surface area contributed by atoms with Gasteiger partial charge < -0.3 is 10.1 Å². The second-order valence-corrected chi connectivity index (χ2v) is 6.82. The minimum atomic E-state index is -0.0337. The van der Waals surface area contributed by atoms with Gasteiger partial charge in [0.15, 0.2) is 0 Å². The largest absolute Gasteiger partial charge is 0.381 e. The first-order valence-electron chi connectivity index (χ1n) is 8.59. The van der Waals surface area contributed by atoms with Crippen molar-refractivity contribution in [3.05, 3.63) is 70.8 Å². The highest BCUT2D eigenvalue weighted by Crippen LogP contribution is 2.34. The molecule has 1 aliphatic heterocycles. The van der Waals surface area contributed by atoms with E-state index >= 15 is 0 Å². The zero-order valence-corrected chi connectivity index (χ0v) is 14.5. The predicted octanol–water partition coefficient (Wildman–Crippen LogP) is 3.78. The van der Waals surface area contributed by atoms with Crippen molar-refractivity contribution in [2.45, 2.75) is 32.1 Å². The number of carbonyl (C=O) groups excluding carboxylic acids is 1. The van der Waals surface area contributed by atoms with Crippen LogP contribution in [0.5, 0.6) is 0 Å². The minimum absolute atomic E-state index is 0.00333. The summed E-state index contributed by atoms with van der Waals surface area (Å²) in [6, 6.07) is 16.5. The van der Waals surface area contributed by atoms with Crippen LogP contribution in [0, 0.1) is 13.8 Å². The third-order valence-electron chi connectivity index (χ3n) is 4.91. The fourth-order valence-electron chi connectivity index (χ4n) is 3.58.